The number of aromatic nitrogens is 1. The fraction of sp³-hybridized carbons (Fsp3) is 0.333. The normalized spacial score (nSPS) is 11.9. The van der Waals surface area contributed by atoms with Crippen LogP contribution in [0.4, 0.5) is 11.5 Å². The van der Waals surface area contributed by atoms with Crippen molar-refractivity contribution in [3.05, 3.63) is 41.5 Å². The van der Waals surface area contributed by atoms with Crippen LogP contribution in [0.5, 0.6) is 5.88 Å². The first-order valence-corrected chi connectivity index (χ1v) is 8.44. The SMILES string of the molecule is CC.CCCOc1nc(Nc2ccc3c(c2)COB3O)ccc1C#N. The number of hydrogen-bond acceptors (Lipinski definition) is 6. The second kappa shape index (κ2) is 9.07. The minimum absolute atomic E-state index is 0.333. The summed E-state index contributed by atoms with van der Waals surface area (Å²) in [6.07, 6.45) is 0.845. The van der Waals surface area contributed by atoms with Gasteiger partial charge in [0.1, 0.15) is 17.5 Å². The molecule has 0 unspecified atom stereocenters. The Balaban J connectivity index is 0.00000109. The molecular weight excluding hydrogens is 317 g/mol. The molecule has 2 aromatic rings. The van der Waals surface area contributed by atoms with Gasteiger partial charge in [-0.1, -0.05) is 26.8 Å². The van der Waals surface area contributed by atoms with Crippen molar-refractivity contribution in [2.75, 3.05) is 11.9 Å². The highest BCUT2D eigenvalue weighted by Gasteiger charge is 2.27. The number of benzene rings is 1. The number of nitrogens with zero attached hydrogens (tertiary/aromatic N) is 2. The highest BCUT2D eigenvalue weighted by molar-refractivity contribution is 6.61. The van der Waals surface area contributed by atoms with Gasteiger partial charge in [0.05, 0.1) is 13.2 Å². The van der Waals surface area contributed by atoms with Crippen molar-refractivity contribution >= 4 is 24.1 Å². The summed E-state index contributed by atoms with van der Waals surface area (Å²) in [6.45, 7) is 6.89. The van der Waals surface area contributed by atoms with Crippen molar-refractivity contribution in [1.29, 1.82) is 5.26 Å². The fourth-order valence-corrected chi connectivity index (χ4v) is 2.36. The third kappa shape index (κ3) is 4.50. The lowest BCUT2D eigenvalue weighted by atomic mass is 9.79. The van der Waals surface area contributed by atoms with Crippen LogP contribution in [-0.4, -0.2) is 23.7 Å². The Morgan fingerprint density at radius 2 is 2.16 bits per heavy atom. The standard InChI is InChI=1S/C16H16BN3O3.C2H6/c1-2-7-22-16-11(9-18)3-6-15(20-16)19-13-4-5-14-12(8-13)10-23-17(14)21;1-2/h3-6,8,21H,2,7,10H2,1H3,(H,19,20);1-2H3. The first kappa shape index (κ1) is 18.8. The summed E-state index contributed by atoms with van der Waals surface area (Å²) in [5.74, 6) is 0.925. The zero-order chi connectivity index (χ0) is 18.2. The van der Waals surface area contributed by atoms with Gasteiger partial charge in [-0.15, -0.1) is 0 Å². The summed E-state index contributed by atoms with van der Waals surface area (Å²) in [5, 5.41) is 21.9. The van der Waals surface area contributed by atoms with Gasteiger partial charge in [0.15, 0.2) is 0 Å². The molecule has 0 amide bonds. The molecule has 2 heterocycles. The topological polar surface area (TPSA) is 87.4 Å². The Labute approximate surface area is 148 Å². The zero-order valence-corrected chi connectivity index (χ0v) is 14.7. The number of nitriles is 1. The molecule has 0 spiro atoms. The highest BCUT2D eigenvalue weighted by atomic mass is 16.5. The maximum atomic E-state index is 9.64. The molecule has 0 radical (unpaired) electrons. The van der Waals surface area contributed by atoms with Crippen LogP contribution in [0.25, 0.3) is 0 Å². The van der Waals surface area contributed by atoms with E-state index in [9.17, 15) is 5.02 Å². The van der Waals surface area contributed by atoms with E-state index in [1.807, 2.05) is 39.0 Å². The molecule has 130 valence electrons. The van der Waals surface area contributed by atoms with E-state index < -0.39 is 7.12 Å². The van der Waals surface area contributed by atoms with Gasteiger partial charge in [-0.2, -0.15) is 10.2 Å². The third-order valence-electron chi connectivity index (χ3n) is 3.50. The van der Waals surface area contributed by atoms with E-state index in [0.717, 1.165) is 23.1 Å². The predicted molar refractivity (Wildman–Crippen MR) is 98.2 cm³/mol. The quantitative estimate of drug-likeness (QED) is 0.815. The van der Waals surface area contributed by atoms with E-state index in [1.165, 1.54) is 0 Å². The summed E-state index contributed by atoms with van der Waals surface area (Å²) in [7, 11) is -0.846. The van der Waals surface area contributed by atoms with Crippen LogP contribution in [0.1, 0.15) is 38.3 Å². The van der Waals surface area contributed by atoms with Crippen molar-refractivity contribution in [2.24, 2.45) is 0 Å². The second-order valence-corrected chi connectivity index (χ2v) is 5.21. The minimum Gasteiger partial charge on any atom is -0.477 e. The summed E-state index contributed by atoms with van der Waals surface area (Å²) in [5.41, 5.74) is 2.98. The van der Waals surface area contributed by atoms with Gasteiger partial charge in [-0.05, 0) is 41.7 Å². The summed E-state index contributed by atoms with van der Waals surface area (Å²) in [4.78, 5) is 4.35. The zero-order valence-electron chi connectivity index (χ0n) is 14.7. The molecule has 0 saturated heterocycles. The van der Waals surface area contributed by atoms with E-state index in [-0.39, 0.29) is 0 Å². The first-order chi connectivity index (χ1) is 12.2. The van der Waals surface area contributed by atoms with Crippen molar-refractivity contribution in [2.45, 2.75) is 33.8 Å². The van der Waals surface area contributed by atoms with Crippen LogP contribution < -0.4 is 15.5 Å². The van der Waals surface area contributed by atoms with Crippen molar-refractivity contribution in [1.82, 2.24) is 4.98 Å². The van der Waals surface area contributed by atoms with Gasteiger partial charge >= 0.3 is 7.12 Å². The predicted octanol–water partition coefficient (Wildman–Crippen LogP) is 2.73. The average molecular weight is 339 g/mol. The number of fused-ring (bicyclic) bond motifs is 1. The van der Waals surface area contributed by atoms with Gasteiger partial charge in [-0.3, -0.25) is 0 Å². The summed E-state index contributed by atoms with van der Waals surface area (Å²) >= 11 is 0. The number of anilines is 2. The van der Waals surface area contributed by atoms with E-state index in [4.69, 9.17) is 14.7 Å². The van der Waals surface area contributed by atoms with E-state index >= 15 is 0 Å². The smallest absolute Gasteiger partial charge is 0.477 e. The summed E-state index contributed by atoms with van der Waals surface area (Å²) in [6, 6.07) is 11.1. The van der Waals surface area contributed by atoms with Crippen LogP contribution in [-0.2, 0) is 11.3 Å². The number of hydrogen-bond donors (Lipinski definition) is 2. The lowest BCUT2D eigenvalue weighted by Crippen LogP contribution is -2.27. The third-order valence-corrected chi connectivity index (χ3v) is 3.50. The Bertz CT molecular complexity index is 762. The molecule has 0 aliphatic carbocycles. The average Bonchev–Trinajstić information content (AvgIpc) is 3.02. The molecule has 1 aliphatic rings. The molecule has 0 atom stereocenters. The molecule has 7 heteroatoms. The molecule has 1 aromatic heterocycles. The lowest BCUT2D eigenvalue weighted by Gasteiger charge is -2.10. The Hall–Kier alpha value is -2.56. The van der Waals surface area contributed by atoms with Crippen molar-refractivity contribution in [3.63, 3.8) is 0 Å². The molecule has 0 saturated carbocycles. The lowest BCUT2D eigenvalue weighted by molar-refractivity contribution is 0.275. The molecule has 2 N–H and O–H groups in total. The van der Waals surface area contributed by atoms with E-state index in [0.29, 0.717) is 30.5 Å². The highest BCUT2D eigenvalue weighted by Crippen LogP contribution is 2.22. The largest absolute Gasteiger partial charge is 0.491 e. The minimum atomic E-state index is -0.846. The maximum Gasteiger partial charge on any atom is 0.491 e. The van der Waals surface area contributed by atoms with Crippen molar-refractivity contribution in [3.8, 4) is 11.9 Å². The molecule has 3 rings (SSSR count). The van der Waals surface area contributed by atoms with Gasteiger partial charge in [0.2, 0.25) is 5.88 Å². The Morgan fingerprint density at radius 1 is 1.36 bits per heavy atom. The Kier molecular flexibility index (Phi) is 6.81. The van der Waals surface area contributed by atoms with E-state index in [2.05, 4.69) is 16.4 Å². The van der Waals surface area contributed by atoms with Crippen LogP contribution >= 0.6 is 0 Å². The fourth-order valence-electron chi connectivity index (χ4n) is 2.36. The second-order valence-electron chi connectivity index (χ2n) is 5.21. The first-order valence-electron chi connectivity index (χ1n) is 8.44. The summed E-state index contributed by atoms with van der Waals surface area (Å²) < 4.78 is 10.7. The van der Waals surface area contributed by atoms with Crippen LogP contribution in [0, 0.1) is 11.3 Å². The maximum absolute atomic E-state index is 9.64. The Morgan fingerprint density at radius 3 is 2.88 bits per heavy atom. The van der Waals surface area contributed by atoms with Gasteiger partial charge < -0.3 is 19.7 Å². The molecule has 1 aromatic carbocycles. The van der Waals surface area contributed by atoms with Crippen molar-refractivity contribution < 1.29 is 14.4 Å². The molecule has 0 fully saturated rings. The molecule has 25 heavy (non-hydrogen) atoms. The van der Waals surface area contributed by atoms with Crippen LogP contribution in [0.15, 0.2) is 30.3 Å². The molecule has 6 nitrogen and oxygen atoms in total. The van der Waals surface area contributed by atoms with Gasteiger partial charge in [0, 0.05) is 5.69 Å². The van der Waals surface area contributed by atoms with E-state index in [1.54, 1.807) is 12.1 Å². The molecule has 1 aliphatic heterocycles. The van der Waals surface area contributed by atoms with Gasteiger partial charge in [-0.25, -0.2) is 0 Å². The van der Waals surface area contributed by atoms with Crippen LogP contribution in [0.2, 0.25) is 0 Å². The number of nitrogens with one attached hydrogen (secondary N) is 1. The monoisotopic (exact) mass is 339 g/mol. The van der Waals surface area contributed by atoms with Crippen LogP contribution in [0.3, 0.4) is 0 Å². The van der Waals surface area contributed by atoms with Gasteiger partial charge in [0.25, 0.3) is 0 Å². The number of pyridine rings is 1. The molecular formula is C18H22BN3O3. The number of rotatable bonds is 5. The molecule has 0 bridgehead atoms. The number of ether oxygens (including phenoxy) is 1.